The monoisotopic (exact) mass is 300 g/mol. The molecule has 22 heavy (non-hydrogen) atoms. The molecular formula is C17H17FN2O2. The highest BCUT2D eigenvalue weighted by Gasteiger charge is 2.00. The van der Waals surface area contributed by atoms with E-state index in [1.54, 1.807) is 36.4 Å². The van der Waals surface area contributed by atoms with Crippen LogP contribution >= 0.6 is 0 Å². The van der Waals surface area contributed by atoms with Gasteiger partial charge in [-0.3, -0.25) is 4.79 Å². The SMILES string of the molecule is CCOc1ccc(NC(=O)/C=C/c2ccc(F)c(N)c2)cc1. The number of ether oxygens (including phenoxy) is 1. The molecule has 0 atom stereocenters. The highest BCUT2D eigenvalue weighted by molar-refractivity contribution is 6.01. The number of rotatable bonds is 5. The molecular weight excluding hydrogens is 283 g/mol. The van der Waals surface area contributed by atoms with Crippen molar-refractivity contribution in [2.24, 2.45) is 0 Å². The smallest absolute Gasteiger partial charge is 0.248 e. The van der Waals surface area contributed by atoms with Crippen LogP contribution in [0.4, 0.5) is 15.8 Å². The van der Waals surface area contributed by atoms with E-state index < -0.39 is 5.82 Å². The number of halogens is 1. The van der Waals surface area contributed by atoms with Gasteiger partial charge in [0.1, 0.15) is 11.6 Å². The fourth-order valence-corrected chi connectivity index (χ4v) is 1.82. The summed E-state index contributed by atoms with van der Waals surface area (Å²) in [6.45, 7) is 2.50. The third kappa shape index (κ3) is 4.34. The van der Waals surface area contributed by atoms with Gasteiger partial charge in [0.15, 0.2) is 0 Å². The molecule has 0 aliphatic carbocycles. The van der Waals surface area contributed by atoms with Crippen LogP contribution in [0.15, 0.2) is 48.5 Å². The molecule has 0 aliphatic rings. The van der Waals surface area contributed by atoms with E-state index in [0.29, 0.717) is 17.9 Å². The number of anilines is 2. The van der Waals surface area contributed by atoms with Gasteiger partial charge in [-0.15, -0.1) is 0 Å². The van der Waals surface area contributed by atoms with Crippen LogP contribution in [0.25, 0.3) is 6.08 Å². The molecule has 0 aliphatic heterocycles. The summed E-state index contributed by atoms with van der Waals surface area (Å²) < 4.78 is 18.4. The van der Waals surface area contributed by atoms with Crippen LogP contribution in [-0.2, 0) is 4.79 Å². The molecule has 0 heterocycles. The first-order valence-electron chi connectivity index (χ1n) is 6.85. The van der Waals surface area contributed by atoms with Gasteiger partial charge in [0.25, 0.3) is 0 Å². The van der Waals surface area contributed by atoms with Gasteiger partial charge in [0.05, 0.1) is 12.3 Å². The first-order valence-corrected chi connectivity index (χ1v) is 6.85. The number of nitrogens with one attached hydrogen (secondary N) is 1. The van der Waals surface area contributed by atoms with Gasteiger partial charge in [-0.05, 0) is 55.0 Å². The lowest BCUT2D eigenvalue weighted by molar-refractivity contribution is -0.111. The highest BCUT2D eigenvalue weighted by atomic mass is 19.1. The predicted octanol–water partition coefficient (Wildman–Crippen LogP) is 3.46. The van der Waals surface area contributed by atoms with Gasteiger partial charge in [0, 0.05) is 11.8 Å². The van der Waals surface area contributed by atoms with Crippen molar-refractivity contribution >= 4 is 23.4 Å². The van der Waals surface area contributed by atoms with Crippen molar-refractivity contribution in [1.29, 1.82) is 0 Å². The van der Waals surface area contributed by atoms with Crippen molar-refractivity contribution in [3.63, 3.8) is 0 Å². The second kappa shape index (κ2) is 7.26. The molecule has 0 aromatic heterocycles. The summed E-state index contributed by atoms with van der Waals surface area (Å²) in [6, 6.07) is 11.4. The van der Waals surface area contributed by atoms with Gasteiger partial charge in [-0.25, -0.2) is 4.39 Å². The molecule has 4 nitrogen and oxygen atoms in total. The van der Waals surface area contributed by atoms with E-state index in [2.05, 4.69) is 5.32 Å². The Morgan fingerprint density at radius 2 is 2.00 bits per heavy atom. The second-order valence-corrected chi connectivity index (χ2v) is 4.56. The van der Waals surface area contributed by atoms with Crippen LogP contribution < -0.4 is 15.8 Å². The average molecular weight is 300 g/mol. The van der Waals surface area contributed by atoms with E-state index in [1.165, 1.54) is 18.2 Å². The van der Waals surface area contributed by atoms with Gasteiger partial charge in [0.2, 0.25) is 5.91 Å². The van der Waals surface area contributed by atoms with Gasteiger partial charge in [-0.2, -0.15) is 0 Å². The Morgan fingerprint density at radius 1 is 1.27 bits per heavy atom. The van der Waals surface area contributed by atoms with E-state index in [-0.39, 0.29) is 11.6 Å². The molecule has 114 valence electrons. The van der Waals surface area contributed by atoms with Crippen molar-refractivity contribution in [1.82, 2.24) is 0 Å². The molecule has 0 unspecified atom stereocenters. The number of carbonyl (C=O) groups is 1. The lowest BCUT2D eigenvalue weighted by Gasteiger charge is -2.05. The maximum absolute atomic E-state index is 13.0. The maximum Gasteiger partial charge on any atom is 0.248 e. The Hall–Kier alpha value is -2.82. The van der Waals surface area contributed by atoms with Crippen LogP contribution in [0.3, 0.4) is 0 Å². The van der Waals surface area contributed by atoms with E-state index >= 15 is 0 Å². The molecule has 0 saturated carbocycles. The minimum atomic E-state index is -0.476. The molecule has 0 bridgehead atoms. The number of carbonyl (C=O) groups excluding carboxylic acids is 1. The summed E-state index contributed by atoms with van der Waals surface area (Å²) >= 11 is 0. The van der Waals surface area contributed by atoms with Crippen molar-refractivity contribution < 1.29 is 13.9 Å². The van der Waals surface area contributed by atoms with Gasteiger partial charge >= 0.3 is 0 Å². The fourth-order valence-electron chi connectivity index (χ4n) is 1.82. The van der Waals surface area contributed by atoms with Crippen molar-refractivity contribution in [2.45, 2.75) is 6.92 Å². The van der Waals surface area contributed by atoms with Crippen molar-refractivity contribution in [3.8, 4) is 5.75 Å². The number of hydrogen-bond acceptors (Lipinski definition) is 3. The standard InChI is InChI=1S/C17H17FN2O2/c1-2-22-14-7-5-13(6-8-14)20-17(21)10-4-12-3-9-15(18)16(19)11-12/h3-11H,2,19H2,1H3,(H,20,21)/b10-4+. The Bertz CT molecular complexity index is 682. The summed E-state index contributed by atoms with van der Waals surface area (Å²) in [4.78, 5) is 11.8. The molecule has 2 aromatic carbocycles. The third-order valence-corrected chi connectivity index (χ3v) is 2.88. The number of amides is 1. The minimum absolute atomic E-state index is 0.0501. The van der Waals surface area contributed by atoms with Crippen LogP contribution in [0.1, 0.15) is 12.5 Å². The molecule has 1 amide bonds. The molecule has 5 heteroatoms. The lowest BCUT2D eigenvalue weighted by Crippen LogP contribution is -2.07. The topological polar surface area (TPSA) is 64.3 Å². The Balaban J connectivity index is 1.97. The molecule has 3 N–H and O–H groups in total. The van der Waals surface area contributed by atoms with Crippen LogP contribution in [-0.4, -0.2) is 12.5 Å². The normalized spacial score (nSPS) is 10.6. The molecule has 2 aromatic rings. The largest absolute Gasteiger partial charge is 0.494 e. The lowest BCUT2D eigenvalue weighted by atomic mass is 10.2. The van der Waals surface area contributed by atoms with E-state index in [1.807, 2.05) is 6.92 Å². The second-order valence-electron chi connectivity index (χ2n) is 4.56. The summed E-state index contributed by atoms with van der Waals surface area (Å²) in [5.41, 5.74) is 6.84. The molecule has 0 fully saturated rings. The Labute approximate surface area is 128 Å². The fraction of sp³-hybridized carbons (Fsp3) is 0.118. The summed E-state index contributed by atoms with van der Waals surface area (Å²) in [7, 11) is 0. The number of nitrogens with two attached hydrogens (primary N) is 1. The highest BCUT2D eigenvalue weighted by Crippen LogP contribution is 2.16. The minimum Gasteiger partial charge on any atom is -0.494 e. The summed E-state index contributed by atoms with van der Waals surface area (Å²) in [5, 5.41) is 2.72. The Morgan fingerprint density at radius 3 is 2.64 bits per heavy atom. The van der Waals surface area contributed by atoms with Gasteiger partial charge in [-0.1, -0.05) is 6.07 Å². The summed E-state index contributed by atoms with van der Waals surface area (Å²) in [6.07, 6.45) is 2.93. The van der Waals surface area contributed by atoms with Crippen LogP contribution in [0.5, 0.6) is 5.75 Å². The zero-order chi connectivity index (χ0) is 15.9. The zero-order valence-electron chi connectivity index (χ0n) is 12.2. The van der Waals surface area contributed by atoms with Crippen molar-refractivity contribution in [2.75, 3.05) is 17.7 Å². The predicted molar refractivity (Wildman–Crippen MR) is 86.1 cm³/mol. The third-order valence-electron chi connectivity index (χ3n) is 2.88. The first-order chi connectivity index (χ1) is 10.6. The number of nitrogen functional groups attached to an aromatic ring is 1. The van der Waals surface area contributed by atoms with Crippen molar-refractivity contribution in [3.05, 3.63) is 59.9 Å². The Kier molecular flexibility index (Phi) is 5.14. The molecule has 2 rings (SSSR count). The average Bonchev–Trinajstić information content (AvgIpc) is 2.51. The van der Waals surface area contributed by atoms with E-state index in [4.69, 9.17) is 10.5 Å². The molecule has 0 radical (unpaired) electrons. The van der Waals surface area contributed by atoms with E-state index in [9.17, 15) is 9.18 Å². The number of benzene rings is 2. The first kappa shape index (κ1) is 15.6. The maximum atomic E-state index is 13.0. The van der Waals surface area contributed by atoms with Crippen LogP contribution in [0, 0.1) is 5.82 Å². The van der Waals surface area contributed by atoms with Gasteiger partial charge < -0.3 is 15.8 Å². The quantitative estimate of drug-likeness (QED) is 0.656. The molecule has 0 spiro atoms. The summed E-state index contributed by atoms with van der Waals surface area (Å²) in [5.74, 6) is -0.0131. The van der Waals surface area contributed by atoms with E-state index in [0.717, 1.165) is 5.75 Å². The zero-order valence-corrected chi connectivity index (χ0v) is 12.2. The number of hydrogen-bond donors (Lipinski definition) is 2. The van der Waals surface area contributed by atoms with Crippen LogP contribution in [0.2, 0.25) is 0 Å². The molecule has 0 saturated heterocycles.